The zero-order valence-corrected chi connectivity index (χ0v) is 11.7. The third-order valence-electron chi connectivity index (χ3n) is 3.81. The van der Waals surface area contributed by atoms with Gasteiger partial charge in [0.1, 0.15) is 11.9 Å². The predicted molar refractivity (Wildman–Crippen MR) is 78.3 cm³/mol. The summed E-state index contributed by atoms with van der Waals surface area (Å²) < 4.78 is 40.7. The van der Waals surface area contributed by atoms with E-state index < -0.39 is 12.5 Å². The van der Waals surface area contributed by atoms with Gasteiger partial charge in [-0.15, -0.1) is 0 Å². The topological polar surface area (TPSA) is 27.0 Å². The van der Waals surface area contributed by atoms with Crippen LogP contribution in [0.5, 0.6) is 0 Å². The highest BCUT2D eigenvalue weighted by Gasteiger charge is 2.39. The molecule has 1 fully saturated rings. The van der Waals surface area contributed by atoms with Gasteiger partial charge in [-0.1, -0.05) is 24.3 Å². The van der Waals surface area contributed by atoms with E-state index in [0.29, 0.717) is 22.4 Å². The van der Waals surface area contributed by atoms with Gasteiger partial charge in [0, 0.05) is 18.5 Å². The lowest BCUT2D eigenvalue weighted by molar-refractivity contribution is 0.0257. The van der Waals surface area contributed by atoms with Crippen molar-refractivity contribution in [3.05, 3.63) is 53.8 Å². The Bertz CT molecular complexity index is 750. The van der Waals surface area contributed by atoms with Crippen LogP contribution in [0.3, 0.4) is 0 Å². The van der Waals surface area contributed by atoms with Crippen molar-refractivity contribution < 1.29 is 13.2 Å². The standard InChI is InChI=1S/C17H13F3N2/c18-15-4-2-1-3-14(15)12-5-6-13(10-21)16(9-12)22-8-7-17(19,20)11-22/h1-6,9H,7-8,11H2. The van der Waals surface area contributed by atoms with Crippen LogP contribution in [0.25, 0.3) is 11.1 Å². The lowest BCUT2D eigenvalue weighted by atomic mass is 10.0. The smallest absolute Gasteiger partial charge is 0.266 e. The highest BCUT2D eigenvalue weighted by Crippen LogP contribution is 2.35. The summed E-state index contributed by atoms with van der Waals surface area (Å²) in [4.78, 5) is 1.49. The highest BCUT2D eigenvalue weighted by atomic mass is 19.3. The fraction of sp³-hybridized carbons (Fsp3) is 0.235. The first-order valence-electron chi connectivity index (χ1n) is 6.92. The van der Waals surface area contributed by atoms with Crippen LogP contribution in [0.2, 0.25) is 0 Å². The summed E-state index contributed by atoms with van der Waals surface area (Å²) in [5.41, 5.74) is 1.71. The Morgan fingerprint density at radius 1 is 1.14 bits per heavy atom. The third-order valence-corrected chi connectivity index (χ3v) is 3.81. The first-order valence-corrected chi connectivity index (χ1v) is 6.92. The molecule has 0 spiro atoms. The largest absolute Gasteiger partial charge is 0.364 e. The van der Waals surface area contributed by atoms with E-state index in [0.717, 1.165) is 0 Å². The molecule has 5 heteroatoms. The fourth-order valence-corrected chi connectivity index (χ4v) is 2.69. The highest BCUT2D eigenvalue weighted by molar-refractivity contribution is 5.73. The summed E-state index contributed by atoms with van der Waals surface area (Å²) in [6.07, 6.45) is -0.234. The summed E-state index contributed by atoms with van der Waals surface area (Å²) in [5, 5.41) is 9.19. The number of nitriles is 1. The number of rotatable bonds is 2. The zero-order chi connectivity index (χ0) is 15.7. The van der Waals surface area contributed by atoms with Crippen molar-refractivity contribution in [1.29, 1.82) is 5.26 Å². The van der Waals surface area contributed by atoms with Crippen molar-refractivity contribution in [2.75, 3.05) is 18.0 Å². The van der Waals surface area contributed by atoms with E-state index in [2.05, 4.69) is 0 Å². The second kappa shape index (κ2) is 5.38. The van der Waals surface area contributed by atoms with Crippen molar-refractivity contribution in [2.24, 2.45) is 0 Å². The van der Waals surface area contributed by atoms with Gasteiger partial charge in [0.05, 0.1) is 17.8 Å². The molecule has 0 amide bonds. The first kappa shape index (κ1) is 14.5. The van der Waals surface area contributed by atoms with E-state index in [4.69, 9.17) is 0 Å². The molecule has 1 aliphatic heterocycles. The molecule has 0 atom stereocenters. The molecular weight excluding hydrogens is 289 g/mol. The van der Waals surface area contributed by atoms with Crippen molar-refractivity contribution in [3.63, 3.8) is 0 Å². The lowest BCUT2D eigenvalue weighted by Gasteiger charge is -2.20. The van der Waals surface area contributed by atoms with Crippen LogP contribution in [0.4, 0.5) is 18.9 Å². The van der Waals surface area contributed by atoms with Crippen LogP contribution < -0.4 is 4.90 Å². The summed E-state index contributed by atoms with van der Waals surface area (Å²) in [6.45, 7) is -0.231. The first-order chi connectivity index (χ1) is 10.5. The predicted octanol–water partition coefficient (Wildman–Crippen LogP) is 4.21. The molecule has 0 saturated carbocycles. The average Bonchev–Trinajstić information content (AvgIpc) is 2.87. The molecule has 2 aromatic carbocycles. The molecule has 0 bridgehead atoms. The number of anilines is 1. The molecule has 1 heterocycles. The van der Waals surface area contributed by atoms with Crippen LogP contribution in [0.15, 0.2) is 42.5 Å². The van der Waals surface area contributed by atoms with E-state index in [-0.39, 0.29) is 18.8 Å². The van der Waals surface area contributed by atoms with Crippen molar-refractivity contribution in [2.45, 2.75) is 12.3 Å². The van der Waals surface area contributed by atoms with Gasteiger partial charge >= 0.3 is 0 Å². The molecule has 0 unspecified atom stereocenters. The van der Waals surface area contributed by atoms with Crippen molar-refractivity contribution in [3.8, 4) is 17.2 Å². The van der Waals surface area contributed by atoms with E-state index in [1.54, 1.807) is 36.4 Å². The van der Waals surface area contributed by atoms with Gasteiger partial charge in [0.25, 0.3) is 5.92 Å². The molecule has 1 saturated heterocycles. The van der Waals surface area contributed by atoms with Gasteiger partial charge in [-0.3, -0.25) is 0 Å². The van der Waals surface area contributed by atoms with Gasteiger partial charge in [-0.05, 0) is 23.8 Å². The maximum absolute atomic E-state index is 13.9. The second-order valence-electron chi connectivity index (χ2n) is 5.35. The SMILES string of the molecule is N#Cc1ccc(-c2ccccc2F)cc1N1CCC(F)(F)C1. The van der Waals surface area contributed by atoms with Gasteiger partial charge in [0.15, 0.2) is 0 Å². The monoisotopic (exact) mass is 302 g/mol. The maximum Gasteiger partial charge on any atom is 0.266 e. The summed E-state index contributed by atoms with van der Waals surface area (Å²) in [7, 11) is 0. The molecule has 22 heavy (non-hydrogen) atoms. The third kappa shape index (κ3) is 2.64. The number of hydrogen-bond donors (Lipinski definition) is 0. The minimum Gasteiger partial charge on any atom is -0.364 e. The van der Waals surface area contributed by atoms with Gasteiger partial charge < -0.3 is 4.90 Å². The van der Waals surface area contributed by atoms with E-state index >= 15 is 0 Å². The fourth-order valence-electron chi connectivity index (χ4n) is 2.69. The summed E-state index contributed by atoms with van der Waals surface area (Å²) >= 11 is 0. The van der Waals surface area contributed by atoms with Crippen LogP contribution in [0.1, 0.15) is 12.0 Å². The molecule has 1 aliphatic rings. The van der Waals surface area contributed by atoms with Gasteiger partial charge in [0.2, 0.25) is 0 Å². The molecule has 3 rings (SSSR count). The van der Waals surface area contributed by atoms with E-state index in [9.17, 15) is 18.4 Å². The van der Waals surface area contributed by atoms with Crippen LogP contribution >= 0.6 is 0 Å². The summed E-state index contributed by atoms with van der Waals surface area (Å²) in [6, 6.07) is 13.1. The Morgan fingerprint density at radius 3 is 2.55 bits per heavy atom. The van der Waals surface area contributed by atoms with Crippen LogP contribution in [0, 0.1) is 17.1 Å². The Morgan fingerprint density at radius 2 is 1.91 bits per heavy atom. The Labute approximate surface area is 126 Å². The Balaban J connectivity index is 2.05. The van der Waals surface area contributed by atoms with Crippen molar-refractivity contribution >= 4 is 5.69 Å². The molecule has 2 aromatic rings. The molecular formula is C17H13F3N2. The van der Waals surface area contributed by atoms with Gasteiger partial charge in [-0.25, -0.2) is 13.2 Å². The lowest BCUT2D eigenvalue weighted by Crippen LogP contribution is -2.25. The zero-order valence-electron chi connectivity index (χ0n) is 11.7. The number of benzene rings is 2. The van der Waals surface area contributed by atoms with E-state index in [1.165, 1.54) is 11.0 Å². The van der Waals surface area contributed by atoms with Crippen molar-refractivity contribution in [1.82, 2.24) is 0 Å². The number of hydrogen-bond acceptors (Lipinski definition) is 2. The molecule has 0 radical (unpaired) electrons. The molecule has 0 N–H and O–H groups in total. The molecule has 0 aliphatic carbocycles. The number of alkyl halides is 2. The Kier molecular flexibility index (Phi) is 3.53. The normalized spacial score (nSPS) is 16.5. The van der Waals surface area contributed by atoms with Gasteiger partial charge in [-0.2, -0.15) is 5.26 Å². The van der Waals surface area contributed by atoms with Crippen LogP contribution in [-0.2, 0) is 0 Å². The minimum absolute atomic E-state index is 0.183. The van der Waals surface area contributed by atoms with E-state index in [1.807, 2.05) is 6.07 Å². The molecule has 0 aromatic heterocycles. The Hall–Kier alpha value is -2.48. The molecule has 2 nitrogen and oxygen atoms in total. The summed E-state index contributed by atoms with van der Waals surface area (Å²) in [5.74, 6) is -3.13. The maximum atomic E-state index is 13.9. The number of halogens is 3. The second-order valence-corrected chi connectivity index (χ2v) is 5.35. The average molecular weight is 302 g/mol. The quantitative estimate of drug-likeness (QED) is 0.831. The van der Waals surface area contributed by atoms with Crippen LogP contribution in [-0.4, -0.2) is 19.0 Å². The minimum atomic E-state index is -2.75. The number of nitrogens with zero attached hydrogens (tertiary/aromatic N) is 2. The molecule has 112 valence electrons.